The van der Waals surface area contributed by atoms with Gasteiger partial charge in [-0.3, -0.25) is 0 Å². The lowest BCUT2D eigenvalue weighted by atomic mass is 9.85. The number of esters is 1. The highest BCUT2D eigenvalue weighted by Crippen LogP contribution is 2.61. The molecular formula is C11H17ClO3. The van der Waals surface area contributed by atoms with Gasteiger partial charge in [-0.25, -0.2) is 4.79 Å². The van der Waals surface area contributed by atoms with Gasteiger partial charge in [0, 0.05) is 0 Å². The number of hydrogen-bond donors (Lipinski definition) is 0. The van der Waals surface area contributed by atoms with E-state index in [0.29, 0.717) is 5.92 Å². The van der Waals surface area contributed by atoms with E-state index in [1.165, 1.54) is 20.0 Å². The minimum absolute atomic E-state index is 0.416. The van der Waals surface area contributed by atoms with Crippen LogP contribution in [0.25, 0.3) is 0 Å². The van der Waals surface area contributed by atoms with Crippen LogP contribution in [0.4, 0.5) is 0 Å². The van der Waals surface area contributed by atoms with Gasteiger partial charge in [-0.1, -0.05) is 31.4 Å². The Kier molecular flexibility index (Phi) is 2.72. The minimum atomic E-state index is -1.20. The van der Waals surface area contributed by atoms with Crippen molar-refractivity contribution in [3.8, 4) is 0 Å². The molecule has 2 rings (SSSR count). The average Bonchev–Trinajstić information content (AvgIpc) is 2.69. The predicted molar refractivity (Wildman–Crippen MR) is 56.7 cm³/mol. The molecule has 1 saturated heterocycles. The molecule has 1 aliphatic carbocycles. The maximum absolute atomic E-state index is 11.5. The largest absolute Gasteiger partial charge is 0.466 e. The SMILES string of the molecule is CCC1(C2CCCC2)OC1(Cl)C(=O)OC. The first kappa shape index (κ1) is 11.2. The molecule has 2 unspecified atom stereocenters. The van der Waals surface area contributed by atoms with Crippen LogP contribution in [-0.2, 0) is 14.3 Å². The lowest BCUT2D eigenvalue weighted by molar-refractivity contribution is -0.143. The van der Waals surface area contributed by atoms with E-state index in [2.05, 4.69) is 0 Å². The first-order valence-corrected chi connectivity index (χ1v) is 5.96. The molecule has 2 atom stereocenters. The number of carbonyl (C=O) groups excluding carboxylic acids is 1. The summed E-state index contributed by atoms with van der Waals surface area (Å²) in [5.41, 5.74) is -0.460. The van der Waals surface area contributed by atoms with Gasteiger partial charge in [-0.05, 0) is 25.2 Å². The highest BCUT2D eigenvalue weighted by Gasteiger charge is 2.77. The molecule has 4 heteroatoms. The molecule has 0 aromatic carbocycles. The first-order valence-electron chi connectivity index (χ1n) is 5.58. The summed E-state index contributed by atoms with van der Waals surface area (Å²) in [6.45, 7) is 2.02. The van der Waals surface area contributed by atoms with Crippen LogP contribution in [0.1, 0.15) is 39.0 Å². The molecule has 2 aliphatic rings. The summed E-state index contributed by atoms with van der Waals surface area (Å²) in [6, 6.07) is 0. The van der Waals surface area contributed by atoms with E-state index in [1.807, 2.05) is 6.92 Å². The van der Waals surface area contributed by atoms with Crippen LogP contribution in [0.5, 0.6) is 0 Å². The number of epoxide rings is 1. The number of halogens is 1. The Bertz CT molecular complexity index is 275. The molecule has 1 aliphatic heterocycles. The Labute approximate surface area is 95.1 Å². The number of ether oxygens (including phenoxy) is 2. The van der Waals surface area contributed by atoms with Gasteiger partial charge in [-0.15, -0.1) is 0 Å². The van der Waals surface area contributed by atoms with E-state index in [0.717, 1.165) is 19.3 Å². The summed E-state index contributed by atoms with van der Waals surface area (Å²) >= 11 is 6.20. The minimum Gasteiger partial charge on any atom is -0.466 e. The monoisotopic (exact) mass is 232 g/mol. The summed E-state index contributed by atoms with van der Waals surface area (Å²) in [5, 5.41) is -1.20. The molecule has 3 nitrogen and oxygen atoms in total. The highest BCUT2D eigenvalue weighted by atomic mass is 35.5. The Morgan fingerprint density at radius 3 is 2.60 bits per heavy atom. The van der Waals surface area contributed by atoms with E-state index in [4.69, 9.17) is 21.1 Å². The smallest absolute Gasteiger partial charge is 0.357 e. The summed E-state index contributed by atoms with van der Waals surface area (Å²) < 4.78 is 10.3. The maximum atomic E-state index is 11.5. The van der Waals surface area contributed by atoms with Gasteiger partial charge >= 0.3 is 5.97 Å². The molecule has 0 bridgehead atoms. The standard InChI is InChI=1S/C11H17ClO3/c1-3-10(8-6-4-5-7-8)11(12,15-10)9(13)14-2/h8H,3-7H2,1-2H3. The summed E-state index contributed by atoms with van der Waals surface area (Å²) in [5.74, 6) is -0.0305. The fourth-order valence-electron chi connectivity index (χ4n) is 2.90. The molecule has 86 valence electrons. The van der Waals surface area contributed by atoms with Gasteiger partial charge < -0.3 is 9.47 Å². The molecule has 0 N–H and O–H groups in total. The third-order valence-corrected chi connectivity index (χ3v) is 4.36. The van der Waals surface area contributed by atoms with E-state index in [1.54, 1.807) is 0 Å². The zero-order valence-corrected chi connectivity index (χ0v) is 9.97. The molecule has 0 aromatic heterocycles. The van der Waals surface area contributed by atoms with Crippen molar-refractivity contribution in [2.45, 2.75) is 49.7 Å². The van der Waals surface area contributed by atoms with Crippen molar-refractivity contribution < 1.29 is 14.3 Å². The molecular weight excluding hydrogens is 216 g/mol. The van der Waals surface area contributed by atoms with Gasteiger partial charge in [0.1, 0.15) is 5.60 Å². The van der Waals surface area contributed by atoms with Crippen molar-refractivity contribution in [3.63, 3.8) is 0 Å². The number of rotatable bonds is 3. The van der Waals surface area contributed by atoms with Crippen molar-refractivity contribution in [3.05, 3.63) is 0 Å². The molecule has 0 amide bonds. The predicted octanol–water partition coefficient (Wildman–Crippen LogP) is 2.46. The zero-order valence-electron chi connectivity index (χ0n) is 9.22. The summed E-state index contributed by atoms with van der Waals surface area (Å²) in [6.07, 6.45) is 5.42. The fourth-order valence-corrected chi connectivity index (χ4v) is 3.40. The molecule has 0 aromatic rings. The van der Waals surface area contributed by atoms with Crippen molar-refractivity contribution in [2.24, 2.45) is 5.92 Å². The van der Waals surface area contributed by atoms with Crippen LogP contribution in [-0.4, -0.2) is 23.7 Å². The molecule has 0 spiro atoms. The summed E-state index contributed by atoms with van der Waals surface area (Å²) in [4.78, 5) is 11.5. The lowest BCUT2D eigenvalue weighted by Crippen LogP contribution is -2.34. The van der Waals surface area contributed by atoms with Crippen LogP contribution >= 0.6 is 11.6 Å². The lowest BCUT2D eigenvalue weighted by Gasteiger charge is -2.19. The zero-order chi connectivity index (χ0) is 11.1. The Hall–Kier alpha value is -0.280. The van der Waals surface area contributed by atoms with E-state index >= 15 is 0 Å². The van der Waals surface area contributed by atoms with Crippen molar-refractivity contribution in [2.75, 3.05) is 7.11 Å². The number of carbonyl (C=O) groups is 1. The molecule has 1 saturated carbocycles. The molecule has 1 heterocycles. The van der Waals surface area contributed by atoms with Gasteiger partial charge in [-0.2, -0.15) is 0 Å². The average molecular weight is 233 g/mol. The normalized spacial score (nSPS) is 40.5. The van der Waals surface area contributed by atoms with Gasteiger partial charge in [0.25, 0.3) is 5.06 Å². The number of alkyl halides is 1. The van der Waals surface area contributed by atoms with Crippen LogP contribution in [0.15, 0.2) is 0 Å². The number of hydrogen-bond acceptors (Lipinski definition) is 3. The van der Waals surface area contributed by atoms with Crippen molar-refractivity contribution in [1.82, 2.24) is 0 Å². The molecule has 0 radical (unpaired) electrons. The second-order valence-electron chi connectivity index (χ2n) is 4.41. The summed E-state index contributed by atoms with van der Waals surface area (Å²) in [7, 11) is 1.35. The topological polar surface area (TPSA) is 38.8 Å². The van der Waals surface area contributed by atoms with Crippen molar-refractivity contribution in [1.29, 1.82) is 0 Å². The first-order chi connectivity index (χ1) is 7.10. The fraction of sp³-hybridized carbons (Fsp3) is 0.909. The second kappa shape index (κ2) is 3.63. The van der Waals surface area contributed by atoms with E-state index < -0.39 is 16.6 Å². The van der Waals surface area contributed by atoms with Crippen LogP contribution < -0.4 is 0 Å². The third-order valence-electron chi connectivity index (χ3n) is 3.81. The van der Waals surface area contributed by atoms with Crippen molar-refractivity contribution >= 4 is 17.6 Å². The van der Waals surface area contributed by atoms with Crippen LogP contribution in [0.2, 0.25) is 0 Å². The molecule has 2 fully saturated rings. The number of methoxy groups -OCH3 is 1. The Morgan fingerprint density at radius 2 is 2.13 bits per heavy atom. The van der Waals surface area contributed by atoms with Crippen LogP contribution in [0.3, 0.4) is 0 Å². The second-order valence-corrected chi connectivity index (χ2v) is 4.95. The van der Waals surface area contributed by atoms with Crippen LogP contribution in [0, 0.1) is 5.92 Å². The highest BCUT2D eigenvalue weighted by molar-refractivity contribution is 6.36. The Balaban J connectivity index is 2.16. The quantitative estimate of drug-likeness (QED) is 0.426. The third kappa shape index (κ3) is 1.40. The van der Waals surface area contributed by atoms with Gasteiger partial charge in [0.05, 0.1) is 7.11 Å². The Morgan fingerprint density at radius 1 is 1.53 bits per heavy atom. The maximum Gasteiger partial charge on any atom is 0.357 e. The van der Waals surface area contributed by atoms with E-state index in [-0.39, 0.29) is 0 Å². The molecule has 15 heavy (non-hydrogen) atoms. The van der Waals surface area contributed by atoms with Gasteiger partial charge in [0.15, 0.2) is 0 Å². The van der Waals surface area contributed by atoms with E-state index in [9.17, 15) is 4.79 Å². The van der Waals surface area contributed by atoms with Gasteiger partial charge in [0.2, 0.25) is 0 Å².